The number of aromatic nitrogens is 3. The van der Waals surface area contributed by atoms with Gasteiger partial charge in [0.2, 0.25) is 11.9 Å². The smallest absolute Gasteiger partial charge is 0.229 e. The van der Waals surface area contributed by atoms with Crippen LogP contribution >= 0.6 is 0 Å². The van der Waals surface area contributed by atoms with Gasteiger partial charge in [-0.3, -0.25) is 9.78 Å². The highest BCUT2D eigenvalue weighted by Gasteiger charge is 2.27. The number of nitrogens with zero attached hydrogens (tertiary/aromatic N) is 3. The summed E-state index contributed by atoms with van der Waals surface area (Å²) in [5.74, 6) is 2.48. The van der Waals surface area contributed by atoms with Crippen LogP contribution < -0.4 is 16.0 Å². The highest BCUT2D eigenvalue weighted by Crippen LogP contribution is 2.42. The van der Waals surface area contributed by atoms with Crippen LogP contribution in [-0.4, -0.2) is 33.9 Å². The third-order valence-corrected chi connectivity index (χ3v) is 5.42. The van der Waals surface area contributed by atoms with E-state index in [-0.39, 0.29) is 11.8 Å². The van der Waals surface area contributed by atoms with Crippen LogP contribution in [0.5, 0.6) is 0 Å². The van der Waals surface area contributed by atoms with Crippen molar-refractivity contribution in [1.29, 1.82) is 0 Å². The minimum atomic E-state index is 0.223. The minimum Gasteiger partial charge on any atom is -0.370 e. The summed E-state index contributed by atoms with van der Waals surface area (Å²) < 4.78 is 0. The van der Waals surface area contributed by atoms with Gasteiger partial charge >= 0.3 is 0 Å². The molecule has 2 heterocycles. The zero-order valence-corrected chi connectivity index (χ0v) is 16.2. The van der Waals surface area contributed by atoms with Gasteiger partial charge in [0, 0.05) is 37.0 Å². The summed E-state index contributed by atoms with van der Waals surface area (Å²) in [6, 6.07) is 3.81. The molecule has 4 rings (SSSR count). The highest BCUT2D eigenvalue weighted by molar-refractivity contribution is 5.78. The largest absolute Gasteiger partial charge is 0.370 e. The van der Waals surface area contributed by atoms with Gasteiger partial charge in [-0.15, -0.1) is 0 Å². The maximum absolute atomic E-state index is 12.1. The van der Waals surface area contributed by atoms with Crippen molar-refractivity contribution < 1.29 is 4.79 Å². The van der Waals surface area contributed by atoms with E-state index in [2.05, 4.69) is 30.9 Å². The van der Waals surface area contributed by atoms with Crippen molar-refractivity contribution in [2.24, 2.45) is 5.92 Å². The lowest BCUT2D eigenvalue weighted by atomic mass is 10.1. The standard InChI is InChI=1S/C21H28N6O/c28-20(16-5-1-2-6-16)24-12-4-11-23-19-18(15-8-9-15)14-25-21(27-19)26-17-7-3-10-22-13-17/h3,7,10,13-16H,1-2,4-6,8-9,11-12H2,(H,24,28)(H2,23,25,26,27). The van der Waals surface area contributed by atoms with Crippen LogP contribution in [0, 0.1) is 5.92 Å². The number of nitrogens with one attached hydrogen (secondary N) is 3. The van der Waals surface area contributed by atoms with Crippen molar-refractivity contribution in [2.45, 2.75) is 50.9 Å². The average molecular weight is 380 g/mol. The summed E-state index contributed by atoms with van der Waals surface area (Å²) in [7, 11) is 0. The molecule has 2 saturated carbocycles. The van der Waals surface area contributed by atoms with Gasteiger partial charge in [-0.05, 0) is 50.2 Å². The van der Waals surface area contributed by atoms with E-state index in [1.807, 2.05) is 18.3 Å². The number of hydrogen-bond donors (Lipinski definition) is 3. The lowest BCUT2D eigenvalue weighted by molar-refractivity contribution is -0.124. The molecule has 0 aromatic carbocycles. The molecule has 7 nitrogen and oxygen atoms in total. The summed E-state index contributed by atoms with van der Waals surface area (Å²) in [4.78, 5) is 25.3. The normalized spacial score (nSPS) is 16.7. The van der Waals surface area contributed by atoms with E-state index >= 15 is 0 Å². The van der Waals surface area contributed by atoms with Crippen LogP contribution in [0.25, 0.3) is 0 Å². The minimum absolute atomic E-state index is 0.223. The Labute approximate surface area is 165 Å². The molecule has 3 N–H and O–H groups in total. The molecule has 148 valence electrons. The molecule has 0 aliphatic heterocycles. The van der Waals surface area contributed by atoms with Crippen molar-refractivity contribution in [2.75, 3.05) is 23.7 Å². The van der Waals surface area contributed by atoms with Crippen molar-refractivity contribution in [3.8, 4) is 0 Å². The van der Waals surface area contributed by atoms with E-state index in [4.69, 9.17) is 0 Å². The molecular weight excluding hydrogens is 352 g/mol. The Balaban J connectivity index is 1.29. The summed E-state index contributed by atoms with van der Waals surface area (Å²) >= 11 is 0. The fraction of sp³-hybridized carbons (Fsp3) is 0.524. The van der Waals surface area contributed by atoms with Gasteiger partial charge in [0.25, 0.3) is 0 Å². The van der Waals surface area contributed by atoms with Crippen molar-refractivity contribution in [3.05, 3.63) is 36.3 Å². The Hall–Kier alpha value is -2.70. The SMILES string of the molecule is O=C(NCCCNc1nc(Nc2cccnc2)ncc1C1CC1)C1CCCC1. The molecule has 28 heavy (non-hydrogen) atoms. The predicted octanol–water partition coefficient (Wildman–Crippen LogP) is 3.60. The molecule has 2 aromatic rings. The fourth-order valence-corrected chi connectivity index (χ4v) is 3.69. The van der Waals surface area contributed by atoms with E-state index in [0.717, 1.165) is 37.3 Å². The molecule has 0 unspecified atom stereocenters. The molecule has 2 aromatic heterocycles. The molecule has 7 heteroatoms. The Kier molecular flexibility index (Phi) is 5.99. The summed E-state index contributed by atoms with van der Waals surface area (Å²) in [5, 5.41) is 9.72. The highest BCUT2D eigenvalue weighted by atomic mass is 16.1. The molecule has 0 radical (unpaired) electrons. The molecule has 1 amide bonds. The monoisotopic (exact) mass is 380 g/mol. The van der Waals surface area contributed by atoms with Crippen LogP contribution in [0.2, 0.25) is 0 Å². The number of anilines is 3. The Morgan fingerprint density at radius 2 is 1.96 bits per heavy atom. The first kappa shape index (κ1) is 18.7. The summed E-state index contributed by atoms with van der Waals surface area (Å²) in [6.45, 7) is 1.47. The Bertz CT molecular complexity index is 787. The zero-order chi connectivity index (χ0) is 19.2. The molecule has 0 saturated heterocycles. The van der Waals surface area contributed by atoms with Gasteiger partial charge in [0.05, 0.1) is 11.9 Å². The number of hydrogen-bond acceptors (Lipinski definition) is 6. The predicted molar refractivity (Wildman–Crippen MR) is 110 cm³/mol. The number of rotatable bonds is 9. The molecule has 2 aliphatic rings. The van der Waals surface area contributed by atoms with E-state index in [9.17, 15) is 4.79 Å². The third kappa shape index (κ3) is 4.97. The van der Waals surface area contributed by atoms with Crippen LogP contribution in [0.15, 0.2) is 30.7 Å². The number of pyridine rings is 1. The van der Waals surface area contributed by atoms with Gasteiger partial charge < -0.3 is 16.0 Å². The molecule has 0 bridgehead atoms. The quantitative estimate of drug-likeness (QED) is 0.576. The Morgan fingerprint density at radius 1 is 1.11 bits per heavy atom. The van der Waals surface area contributed by atoms with E-state index in [1.54, 1.807) is 12.4 Å². The molecule has 0 atom stereocenters. The van der Waals surface area contributed by atoms with Crippen molar-refractivity contribution in [3.63, 3.8) is 0 Å². The molecule has 2 fully saturated rings. The summed E-state index contributed by atoms with van der Waals surface area (Å²) in [5.41, 5.74) is 2.05. The second kappa shape index (κ2) is 8.99. The van der Waals surface area contributed by atoms with Crippen molar-refractivity contribution >= 4 is 23.4 Å². The van der Waals surface area contributed by atoms with Crippen molar-refractivity contribution in [1.82, 2.24) is 20.3 Å². The third-order valence-electron chi connectivity index (χ3n) is 5.42. The number of amides is 1. The first-order valence-electron chi connectivity index (χ1n) is 10.3. The summed E-state index contributed by atoms with van der Waals surface area (Å²) in [6.07, 6.45) is 13.1. The maximum Gasteiger partial charge on any atom is 0.229 e. The first-order chi connectivity index (χ1) is 13.8. The Morgan fingerprint density at radius 3 is 2.71 bits per heavy atom. The second-order valence-corrected chi connectivity index (χ2v) is 7.69. The molecular formula is C21H28N6O. The zero-order valence-electron chi connectivity index (χ0n) is 16.2. The van der Waals surface area contributed by atoms with Gasteiger partial charge in [0.1, 0.15) is 5.82 Å². The van der Waals surface area contributed by atoms with E-state index in [0.29, 0.717) is 18.4 Å². The lowest BCUT2D eigenvalue weighted by Gasteiger charge is -2.13. The molecule has 2 aliphatic carbocycles. The number of carbonyl (C=O) groups excluding carboxylic acids is 1. The van der Waals surface area contributed by atoms with Crippen LogP contribution in [0.4, 0.5) is 17.5 Å². The second-order valence-electron chi connectivity index (χ2n) is 7.69. The fourth-order valence-electron chi connectivity index (χ4n) is 3.69. The van der Waals surface area contributed by atoms with E-state index in [1.165, 1.54) is 31.2 Å². The average Bonchev–Trinajstić information content (AvgIpc) is 3.41. The lowest BCUT2D eigenvalue weighted by Crippen LogP contribution is -2.30. The maximum atomic E-state index is 12.1. The molecule has 0 spiro atoms. The topological polar surface area (TPSA) is 91.8 Å². The van der Waals surface area contributed by atoms with Gasteiger partial charge in [-0.2, -0.15) is 4.98 Å². The number of carbonyl (C=O) groups is 1. The van der Waals surface area contributed by atoms with E-state index < -0.39 is 0 Å². The first-order valence-corrected chi connectivity index (χ1v) is 10.3. The van der Waals surface area contributed by atoms with Gasteiger partial charge in [0.15, 0.2) is 0 Å². The van der Waals surface area contributed by atoms with Crippen LogP contribution in [-0.2, 0) is 4.79 Å². The van der Waals surface area contributed by atoms with Crippen LogP contribution in [0.1, 0.15) is 56.4 Å². The van der Waals surface area contributed by atoms with Gasteiger partial charge in [-0.1, -0.05) is 12.8 Å². The van der Waals surface area contributed by atoms with Crippen LogP contribution in [0.3, 0.4) is 0 Å². The van der Waals surface area contributed by atoms with Gasteiger partial charge in [-0.25, -0.2) is 4.98 Å².